The van der Waals surface area contributed by atoms with E-state index in [0.717, 1.165) is 24.1 Å². The van der Waals surface area contributed by atoms with Crippen LogP contribution in [0.1, 0.15) is 18.4 Å². The number of hydrogen-bond acceptors (Lipinski definition) is 7. The lowest BCUT2D eigenvalue weighted by atomic mass is 10.3. The number of anilines is 2. The Morgan fingerprint density at radius 1 is 1.30 bits per heavy atom. The van der Waals surface area contributed by atoms with Gasteiger partial charge in [-0.15, -0.1) is 0 Å². The minimum Gasteiger partial charge on any atom is -0.361 e. The number of nitrogens with zero attached hydrogens (tertiary/aromatic N) is 6. The Labute approximate surface area is 155 Å². The van der Waals surface area contributed by atoms with Crippen molar-refractivity contribution in [1.82, 2.24) is 19.7 Å². The molecule has 1 saturated carbocycles. The molecule has 1 aromatic carbocycles. The lowest BCUT2D eigenvalue weighted by molar-refractivity contribution is -0.384. The molecule has 0 saturated heterocycles. The molecule has 4 rings (SSSR count). The van der Waals surface area contributed by atoms with Crippen molar-refractivity contribution in [2.45, 2.75) is 25.4 Å². The molecule has 0 unspecified atom stereocenters. The van der Waals surface area contributed by atoms with Crippen LogP contribution in [-0.4, -0.2) is 37.8 Å². The van der Waals surface area contributed by atoms with Gasteiger partial charge in [0.1, 0.15) is 6.20 Å². The molecule has 1 aliphatic rings. The number of aromatic nitrogens is 4. The zero-order valence-electron chi connectivity index (χ0n) is 14.8. The van der Waals surface area contributed by atoms with Gasteiger partial charge in [0.15, 0.2) is 0 Å². The molecule has 0 radical (unpaired) electrons. The molecule has 1 fully saturated rings. The lowest BCUT2D eigenvalue weighted by Crippen LogP contribution is -2.20. The number of para-hydroxylation sites is 1. The first kappa shape index (κ1) is 17.0. The minimum atomic E-state index is -0.460. The first-order valence-corrected chi connectivity index (χ1v) is 8.68. The summed E-state index contributed by atoms with van der Waals surface area (Å²) >= 11 is 0. The second-order valence-corrected chi connectivity index (χ2v) is 6.56. The van der Waals surface area contributed by atoms with E-state index in [4.69, 9.17) is 0 Å². The van der Waals surface area contributed by atoms with E-state index >= 15 is 0 Å². The van der Waals surface area contributed by atoms with E-state index < -0.39 is 4.92 Å². The summed E-state index contributed by atoms with van der Waals surface area (Å²) in [4.78, 5) is 21.1. The second kappa shape index (κ2) is 7.02. The van der Waals surface area contributed by atoms with Crippen LogP contribution in [0.15, 0.2) is 48.9 Å². The maximum atomic E-state index is 11.2. The number of nitro groups is 1. The molecule has 1 N–H and O–H groups in total. The Morgan fingerprint density at radius 2 is 2.07 bits per heavy atom. The van der Waals surface area contributed by atoms with Gasteiger partial charge in [-0.1, -0.05) is 18.2 Å². The van der Waals surface area contributed by atoms with Gasteiger partial charge >= 0.3 is 5.69 Å². The van der Waals surface area contributed by atoms with E-state index in [-0.39, 0.29) is 17.5 Å². The van der Waals surface area contributed by atoms with Gasteiger partial charge in [0, 0.05) is 31.4 Å². The first-order valence-electron chi connectivity index (χ1n) is 8.68. The quantitative estimate of drug-likeness (QED) is 0.507. The fraction of sp³-hybridized carbons (Fsp3) is 0.278. The first-order chi connectivity index (χ1) is 13.1. The third-order valence-corrected chi connectivity index (χ3v) is 4.29. The lowest BCUT2D eigenvalue weighted by Gasteiger charge is -2.16. The van der Waals surface area contributed by atoms with Gasteiger partial charge in [-0.05, 0) is 25.0 Å². The normalized spacial score (nSPS) is 13.4. The SMILES string of the molecule is CN(Cc1cnn(-c2ccccc2)c1)c1ncc([N+](=O)[O-])c(NC2CC2)n1. The standard InChI is InChI=1S/C18H19N7O2/c1-23(11-13-9-20-24(12-13)15-5-3-2-4-6-15)18-19-10-16(25(26)27)17(22-18)21-14-7-8-14/h2-6,9-10,12,14H,7-8,11H2,1H3,(H,19,21,22). The van der Waals surface area contributed by atoms with Crippen molar-refractivity contribution in [3.8, 4) is 5.69 Å². The zero-order valence-corrected chi connectivity index (χ0v) is 14.8. The predicted molar refractivity (Wildman–Crippen MR) is 101 cm³/mol. The van der Waals surface area contributed by atoms with Crippen LogP contribution in [-0.2, 0) is 6.54 Å². The van der Waals surface area contributed by atoms with Crippen LogP contribution in [0.5, 0.6) is 0 Å². The van der Waals surface area contributed by atoms with Crippen molar-refractivity contribution in [2.24, 2.45) is 0 Å². The smallest absolute Gasteiger partial charge is 0.329 e. The molecule has 2 aromatic heterocycles. The maximum Gasteiger partial charge on any atom is 0.329 e. The summed E-state index contributed by atoms with van der Waals surface area (Å²) in [5, 5.41) is 18.7. The van der Waals surface area contributed by atoms with E-state index in [9.17, 15) is 10.1 Å². The van der Waals surface area contributed by atoms with Gasteiger partial charge < -0.3 is 10.2 Å². The highest BCUT2D eigenvalue weighted by Gasteiger charge is 2.27. The molecule has 0 atom stereocenters. The molecule has 0 bridgehead atoms. The molecule has 138 valence electrons. The average Bonchev–Trinajstić information content (AvgIpc) is 3.37. The molecule has 9 nitrogen and oxygen atoms in total. The highest BCUT2D eigenvalue weighted by molar-refractivity contribution is 5.58. The Morgan fingerprint density at radius 3 is 2.78 bits per heavy atom. The van der Waals surface area contributed by atoms with Gasteiger partial charge in [0.2, 0.25) is 11.8 Å². The largest absolute Gasteiger partial charge is 0.361 e. The zero-order chi connectivity index (χ0) is 18.8. The van der Waals surface area contributed by atoms with Crippen molar-refractivity contribution < 1.29 is 4.92 Å². The molecule has 1 aliphatic carbocycles. The molecule has 0 aliphatic heterocycles. The fourth-order valence-electron chi connectivity index (χ4n) is 2.72. The number of rotatable bonds is 7. The van der Waals surface area contributed by atoms with Crippen molar-refractivity contribution in [1.29, 1.82) is 0 Å². The van der Waals surface area contributed by atoms with Crippen molar-refractivity contribution in [3.05, 3.63) is 64.6 Å². The monoisotopic (exact) mass is 365 g/mol. The summed E-state index contributed by atoms with van der Waals surface area (Å²) in [5.41, 5.74) is 1.87. The van der Waals surface area contributed by atoms with Gasteiger partial charge in [0.05, 0.1) is 16.8 Å². The average molecular weight is 365 g/mol. The molecule has 9 heteroatoms. The number of benzene rings is 1. The Kier molecular flexibility index (Phi) is 4.41. The van der Waals surface area contributed by atoms with Crippen LogP contribution in [0.4, 0.5) is 17.5 Å². The summed E-state index contributed by atoms with van der Waals surface area (Å²) in [6.45, 7) is 0.535. The third kappa shape index (κ3) is 3.86. The predicted octanol–water partition coefficient (Wildman–Crippen LogP) is 2.78. The second-order valence-electron chi connectivity index (χ2n) is 6.56. The van der Waals surface area contributed by atoms with Crippen molar-refractivity contribution in [3.63, 3.8) is 0 Å². The van der Waals surface area contributed by atoms with Gasteiger partial charge in [-0.3, -0.25) is 10.1 Å². The van der Waals surface area contributed by atoms with E-state index in [1.54, 1.807) is 10.9 Å². The maximum absolute atomic E-state index is 11.2. The molecule has 3 aromatic rings. The summed E-state index contributed by atoms with van der Waals surface area (Å²) in [6, 6.07) is 10.1. The molecule has 27 heavy (non-hydrogen) atoms. The molecule has 2 heterocycles. The molecular formula is C18H19N7O2. The van der Waals surface area contributed by atoms with Crippen molar-refractivity contribution >= 4 is 17.5 Å². The third-order valence-electron chi connectivity index (χ3n) is 4.29. The summed E-state index contributed by atoms with van der Waals surface area (Å²) < 4.78 is 1.81. The van der Waals surface area contributed by atoms with Crippen LogP contribution in [0.25, 0.3) is 5.69 Å². The highest BCUT2D eigenvalue weighted by atomic mass is 16.6. The summed E-state index contributed by atoms with van der Waals surface area (Å²) in [7, 11) is 1.85. The molecule has 0 amide bonds. The molecular weight excluding hydrogens is 346 g/mol. The van der Waals surface area contributed by atoms with Crippen LogP contribution < -0.4 is 10.2 Å². The Bertz CT molecular complexity index is 953. The van der Waals surface area contributed by atoms with E-state index in [1.807, 2.05) is 48.5 Å². The summed E-state index contributed by atoms with van der Waals surface area (Å²) in [6.07, 6.45) is 7.01. The Balaban J connectivity index is 1.52. The van der Waals surface area contributed by atoms with Gasteiger partial charge in [-0.25, -0.2) is 9.67 Å². The Hall–Kier alpha value is -3.49. The van der Waals surface area contributed by atoms with Crippen LogP contribution in [0, 0.1) is 10.1 Å². The fourth-order valence-corrected chi connectivity index (χ4v) is 2.72. The van der Waals surface area contributed by atoms with E-state index in [1.165, 1.54) is 6.20 Å². The van der Waals surface area contributed by atoms with E-state index in [0.29, 0.717) is 12.5 Å². The summed E-state index contributed by atoms with van der Waals surface area (Å²) in [5.74, 6) is 0.704. The molecule has 0 spiro atoms. The van der Waals surface area contributed by atoms with Crippen LogP contribution >= 0.6 is 0 Å². The minimum absolute atomic E-state index is 0.101. The van der Waals surface area contributed by atoms with Crippen LogP contribution in [0.2, 0.25) is 0 Å². The van der Waals surface area contributed by atoms with Gasteiger partial charge in [-0.2, -0.15) is 10.1 Å². The van der Waals surface area contributed by atoms with Gasteiger partial charge in [0.25, 0.3) is 0 Å². The topological polar surface area (TPSA) is 102 Å². The van der Waals surface area contributed by atoms with E-state index in [2.05, 4.69) is 20.4 Å². The highest BCUT2D eigenvalue weighted by Crippen LogP contribution is 2.30. The van der Waals surface area contributed by atoms with Crippen LogP contribution in [0.3, 0.4) is 0 Å². The number of nitrogens with one attached hydrogen (secondary N) is 1. The number of hydrogen-bond donors (Lipinski definition) is 1. The van der Waals surface area contributed by atoms with Crippen molar-refractivity contribution in [2.75, 3.05) is 17.3 Å².